The Hall–Kier alpha value is -1.29. The fourth-order valence-corrected chi connectivity index (χ4v) is 1.91. The highest BCUT2D eigenvalue weighted by molar-refractivity contribution is 5.50. The van der Waals surface area contributed by atoms with Crippen molar-refractivity contribution in [3.8, 4) is 5.75 Å². The number of halogens is 1. The van der Waals surface area contributed by atoms with E-state index in [4.69, 9.17) is 10.5 Å². The molecule has 0 spiro atoms. The number of nitrogens with two attached hydrogens (primary N) is 1. The highest BCUT2D eigenvalue weighted by Gasteiger charge is 2.22. The third-order valence-electron chi connectivity index (χ3n) is 3.32. The second-order valence-corrected chi connectivity index (χ2v) is 5.67. The number of anilines is 1. The van der Waals surface area contributed by atoms with Gasteiger partial charge in [0.05, 0.1) is 7.11 Å². The lowest BCUT2D eigenvalue weighted by molar-refractivity contribution is 0.386. The van der Waals surface area contributed by atoms with Crippen LogP contribution in [0.4, 0.5) is 10.1 Å². The van der Waals surface area contributed by atoms with Crippen LogP contribution in [0.15, 0.2) is 18.2 Å². The molecule has 4 heteroatoms. The molecule has 0 fully saturated rings. The van der Waals surface area contributed by atoms with Crippen molar-refractivity contribution >= 4 is 5.69 Å². The van der Waals surface area contributed by atoms with Crippen molar-refractivity contribution < 1.29 is 9.13 Å². The summed E-state index contributed by atoms with van der Waals surface area (Å²) in [6.45, 7) is 7.00. The quantitative estimate of drug-likeness (QED) is 0.796. The van der Waals surface area contributed by atoms with Gasteiger partial charge in [0, 0.05) is 23.8 Å². The van der Waals surface area contributed by atoms with E-state index in [0.29, 0.717) is 12.5 Å². The average Bonchev–Trinajstić information content (AvgIpc) is 2.39. The van der Waals surface area contributed by atoms with Crippen LogP contribution in [0.25, 0.3) is 0 Å². The van der Waals surface area contributed by atoms with E-state index in [9.17, 15) is 4.39 Å². The molecule has 0 heterocycles. The van der Waals surface area contributed by atoms with Gasteiger partial charge in [0.15, 0.2) is 11.6 Å². The highest BCUT2D eigenvalue weighted by Crippen LogP contribution is 2.26. The molecular formula is C15H25FN2O. The van der Waals surface area contributed by atoms with Gasteiger partial charge in [0.1, 0.15) is 0 Å². The van der Waals surface area contributed by atoms with Gasteiger partial charge in [-0.05, 0) is 37.8 Å². The third-order valence-corrected chi connectivity index (χ3v) is 3.32. The van der Waals surface area contributed by atoms with Crippen LogP contribution < -0.4 is 15.8 Å². The fraction of sp³-hybridized carbons (Fsp3) is 0.600. The molecule has 0 saturated carbocycles. The minimum atomic E-state index is -0.357. The largest absolute Gasteiger partial charge is 0.494 e. The number of nitrogens with one attached hydrogen (secondary N) is 1. The molecule has 0 aromatic heterocycles. The number of ether oxygens (including phenoxy) is 1. The third kappa shape index (κ3) is 4.71. The zero-order valence-corrected chi connectivity index (χ0v) is 12.3. The van der Waals surface area contributed by atoms with Gasteiger partial charge in [-0.15, -0.1) is 0 Å². The molecule has 1 atom stereocenters. The SMILES string of the molecule is COc1cc(NC(C)(CN)CCC(C)C)ccc1F. The van der Waals surface area contributed by atoms with Crippen LogP contribution in [0.1, 0.15) is 33.6 Å². The van der Waals surface area contributed by atoms with Gasteiger partial charge in [-0.2, -0.15) is 0 Å². The molecule has 108 valence electrons. The smallest absolute Gasteiger partial charge is 0.165 e. The molecule has 0 aliphatic carbocycles. The first-order chi connectivity index (χ1) is 8.90. The Morgan fingerprint density at radius 2 is 2.11 bits per heavy atom. The zero-order chi connectivity index (χ0) is 14.5. The topological polar surface area (TPSA) is 47.3 Å². The van der Waals surface area contributed by atoms with Crippen molar-refractivity contribution in [2.45, 2.75) is 39.2 Å². The van der Waals surface area contributed by atoms with Gasteiger partial charge in [0.25, 0.3) is 0 Å². The molecule has 1 aromatic carbocycles. The lowest BCUT2D eigenvalue weighted by Gasteiger charge is -2.31. The molecule has 0 saturated heterocycles. The van der Waals surface area contributed by atoms with Crippen LogP contribution in [0.5, 0.6) is 5.75 Å². The standard InChI is InChI=1S/C15H25FN2O/c1-11(2)7-8-15(3,10-17)18-12-5-6-13(16)14(9-12)19-4/h5-6,9,11,18H,7-8,10,17H2,1-4H3. The van der Waals surface area contributed by atoms with Crippen molar-refractivity contribution in [3.63, 3.8) is 0 Å². The summed E-state index contributed by atoms with van der Waals surface area (Å²) >= 11 is 0. The fourth-order valence-electron chi connectivity index (χ4n) is 1.91. The van der Waals surface area contributed by atoms with E-state index in [1.807, 2.05) is 0 Å². The lowest BCUT2D eigenvalue weighted by atomic mass is 9.91. The Morgan fingerprint density at radius 3 is 2.63 bits per heavy atom. The van der Waals surface area contributed by atoms with Gasteiger partial charge in [-0.1, -0.05) is 13.8 Å². The molecule has 0 bridgehead atoms. The summed E-state index contributed by atoms with van der Waals surface area (Å²) < 4.78 is 18.3. The Morgan fingerprint density at radius 1 is 1.42 bits per heavy atom. The summed E-state index contributed by atoms with van der Waals surface area (Å²) in [7, 11) is 1.46. The van der Waals surface area contributed by atoms with Crippen molar-refractivity contribution in [1.29, 1.82) is 0 Å². The van der Waals surface area contributed by atoms with E-state index in [2.05, 4.69) is 26.1 Å². The number of hydrogen-bond acceptors (Lipinski definition) is 3. The van der Waals surface area contributed by atoms with Gasteiger partial charge < -0.3 is 15.8 Å². The van der Waals surface area contributed by atoms with E-state index in [1.54, 1.807) is 12.1 Å². The van der Waals surface area contributed by atoms with E-state index >= 15 is 0 Å². The minimum absolute atomic E-state index is 0.187. The number of hydrogen-bond donors (Lipinski definition) is 2. The predicted molar refractivity (Wildman–Crippen MR) is 78.1 cm³/mol. The Balaban J connectivity index is 2.79. The monoisotopic (exact) mass is 268 g/mol. The molecule has 3 N–H and O–H groups in total. The maximum absolute atomic E-state index is 13.4. The van der Waals surface area contributed by atoms with Crippen molar-refractivity contribution in [2.24, 2.45) is 11.7 Å². The summed E-state index contributed by atoms with van der Waals surface area (Å²) in [5.74, 6) is 0.522. The zero-order valence-electron chi connectivity index (χ0n) is 12.3. The first-order valence-corrected chi connectivity index (χ1v) is 6.72. The molecule has 0 amide bonds. The molecular weight excluding hydrogens is 243 g/mol. The van der Waals surface area contributed by atoms with Crippen LogP contribution in [0.3, 0.4) is 0 Å². The average molecular weight is 268 g/mol. The van der Waals surface area contributed by atoms with E-state index in [-0.39, 0.29) is 17.1 Å². The molecule has 0 aliphatic rings. The first-order valence-electron chi connectivity index (χ1n) is 6.72. The summed E-state index contributed by atoms with van der Waals surface area (Å²) in [4.78, 5) is 0. The molecule has 3 nitrogen and oxygen atoms in total. The maximum Gasteiger partial charge on any atom is 0.165 e. The predicted octanol–water partition coefficient (Wildman–Crippen LogP) is 3.40. The first kappa shape index (κ1) is 15.8. The van der Waals surface area contributed by atoms with E-state index < -0.39 is 0 Å². The van der Waals surface area contributed by atoms with Crippen LogP contribution in [0.2, 0.25) is 0 Å². The van der Waals surface area contributed by atoms with Crippen molar-refractivity contribution in [1.82, 2.24) is 0 Å². The van der Waals surface area contributed by atoms with Crippen LogP contribution in [-0.2, 0) is 0 Å². The van der Waals surface area contributed by atoms with Crippen LogP contribution in [0, 0.1) is 11.7 Å². The van der Waals surface area contributed by atoms with Crippen molar-refractivity contribution in [3.05, 3.63) is 24.0 Å². The molecule has 19 heavy (non-hydrogen) atoms. The molecule has 1 rings (SSSR count). The summed E-state index contributed by atoms with van der Waals surface area (Å²) in [6.07, 6.45) is 2.07. The Labute approximate surface area is 115 Å². The Kier molecular flexibility index (Phi) is 5.60. The second-order valence-electron chi connectivity index (χ2n) is 5.67. The van der Waals surface area contributed by atoms with E-state index in [1.165, 1.54) is 13.2 Å². The molecule has 0 aliphatic heterocycles. The van der Waals surface area contributed by atoms with Crippen LogP contribution >= 0.6 is 0 Å². The van der Waals surface area contributed by atoms with Gasteiger partial charge in [-0.3, -0.25) is 0 Å². The van der Waals surface area contributed by atoms with Gasteiger partial charge in [-0.25, -0.2) is 4.39 Å². The normalized spacial score (nSPS) is 14.3. The maximum atomic E-state index is 13.4. The Bertz CT molecular complexity index is 409. The summed E-state index contributed by atoms with van der Waals surface area (Å²) in [6, 6.07) is 4.78. The second kappa shape index (κ2) is 6.75. The minimum Gasteiger partial charge on any atom is -0.494 e. The van der Waals surface area contributed by atoms with Crippen molar-refractivity contribution in [2.75, 3.05) is 19.0 Å². The van der Waals surface area contributed by atoms with E-state index in [0.717, 1.165) is 18.5 Å². The number of rotatable bonds is 7. The van der Waals surface area contributed by atoms with Crippen LogP contribution in [-0.4, -0.2) is 19.2 Å². The van der Waals surface area contributed by atoms with Gasteiger partial charge in [0.2, 0.25) is 0 Å². The number of benzene rings is 1. The molecule has 1 aromatic rings. The highest BCUT2D eigenvalue weighted by atomic mass is 19.1. The molecule has 0 radical (unpaired) electrons. The summed E-state index contributed by atoms with van der Waals surface area (Å²) in [5, 5.41) is 3.39. The van der Waals surface area contributed by atoms with Gasteiger partial charge >= 0.3 is 0 Å². The number of methoxy groups -OCH3 is 1. The summed E-state index contributed by atoms with van der Waals surface area (Å²) in [5.41, 5.74) is 6.51. The molecule has 1 unspecified atom stereocenters. The lowest BCUT2D eigenvalue weighted by Crippen LogP contribution is -2.42.